The summed E-state index contributed by atoms with van der Waals surface area (Å²) in [5.41, 5.74) is 0. The maximum atomic E-state index is 8.69. The van der Waals surface area contributed by atoms with Crippen LogP contribution in [0.4, 0.5) is 0 Å². The monoisotopic (exact) mass is 171 g/mol. The smallest absolute Gasteiger partial charge is 0.337 e. The van der Waals surface area contributed by atoms with Crippen LogP contribution in [0.25, 0.3) is 0 Å². The minimum absolute atomic E-state index is 0.319. The van der Waals surface area contributed by atoms with Gasteiger partial charge in [0, 0.05) is 6.42 Å². The van der Waals surface area contributed by atoms with Crippen LogP contribution >= 0.6 is 23.2 Å². The lowest BCUT2D eigenvalue weighted by Crippen LogP contribution is -2.13. The maximum Gasteiger partial charge on any atom is 0.517 e. The summed E-state index contributed by atoms with van der Waals surface area (Å²) in [6.07, 6.45) is 0.824. The van der Waals surface area contributed by atoms with Gasteiger partial charge in [-0.1, -0.05) is 30.1 Å². The number of hydrogen-bond donors (Lipinski definition) is 0. The molecule has 0 atom stereocenters. The lowest BCUT2D eigenvalue weighted by molar-refractivity contribution is 0.269. The van der Waals surface area contributed by atoms with E-state index in [0.29, 0.717) is 6.61 Å². The van der Waals surface area contributed by atoms with Crippen LogP contribution in [-0.4, -0.2) is 22.2 Å². The van der Waals surface area contributed by atoms with E-state index in [4.69, 9.17) is 28.0 Å². The van der Waals surface area contributed by atoms with Crippen LogP contribution in [0.3, 0.4) is 0 Å². The minimum atomic E-state index is -0.934. The minimum Gasteiger partial charge on any atom is -0.337 e. The number of hydrogen-bond acceptors (Lipinski definition) is 1. The number of carbonyl (C=O) groups excluding carboxylic acids is 1. The third-order valence-electron chi connectivity index (χ3n) is 0.641. The molecular formula is C5H9Cl2O2+. The van der Waals surface area contributed by atoms with E-state index in [2.05, 4.69) is 4.74 Å². The predicted molar refractivity (Wildman–Crippen MR) is 38.7 cm³/mol. The summed E-state index contributed by atoms with van der Waals surface area (Å²) in [7, 11) is 0. The fourth-order valence-electron chi connectivity index (χ4n) is 0.270. The predicted octanol–water partition coefficient (Wildman–Crippen LogP) is 1.72. The first-order valence-corrected chi connectivity index (χ1v) is 3.52. The SMILES string of the molecule is CCCOC(=[OH+])C(Cl)Cl. The molecule has 0 amide bonds. The molecule has 1 N–H and O–H groups in total. The highest BCUT2D eigenvalue weighted by atomic mass is 35.5. The normalized spacial score (nSPS) is 9.78. The largest absolute Gasteiger partial charge is 0.517 e. The van der Waals surface area contributed by atoms with Gasteiger partial charge in [0.15, 0.2) is 6.61 Å². The topological polar surface area (TPSA) is 30.6 Å². The second kappa shape index (κ2) is 4.89. The van der Waals surface area contributed by atoms with E-state index in [9.17, 15) is 0 Å². The van der Waals surface area contributed by atoms with Crippen molar-refractivity contribution in [3.63, 3.8) is 0 Å². The molecule has 0 heterocycles. The Morgan fingerprint density at radius 3 is 2.56 bits per heavy atom. The number of alkyl halides is 2. The van der Waals surface area contributed by atoms with E-state index >= 15 is 0 Å². The summed E-state index contributed by atoms with van der Waals surface area (Å²) in [4.78, 5) is 7.75. The highest BCUT2D eigenvalue weighted by molar-refractivity contribution is 6.53. The molecular weight excluding hydrogens is 163 g/mol. The number of halogens is 2. The van der Waals surface area contributed by atoms with Crippen molar-refractivity contribution in [3.8, 4) is 0 Å². The van der Waals surface area contributed by atoms with Crippen LogP contribution in [0.5, 0.6) is 0 Å². The molecule has 0 aliphatic carbocycles. The molecule has 4 heteroatoms. The lowest BCUT2D eigenvalue weighted by atomic mass is 10.5. The van der Waals surface area contributed by atoms with Crippen LogP contribution in [0.15, 0.2) is 0 Å². The molecule has 0 rings (SSSR count). The zero-order valence-electron chi connectivity index (χ0n) is 5.10. The van der Waals surface area contributed by atoms with Crippen LogP contribution in [0, 0.1) is 0 Å². The van der Waals surface area contributed by atoms with Gasteiger partial charge in [-0.15, -0.1) is 0 Å². The highest BCUT2D eigenvalue weighted by Crippen LogP contribution is 2.03. The molecule has 0 radical (unpaired) electrons. The van der Waals surface area contributed by atoms with Crippen molar-refractivity contribution in [2.24, 2.45) is 0 Å². The van der Waals surface area contributed by atoms with Crippen molar-refractivity contribution in [1.29, 1.82) is 0 Å². The Morgan fingerprint density at radius 2 is 2.22 bits per heavy atom. The van der Waals surface area contributed by atoms with Crippen LogP contribution < -0.4 is 0 Å². The highest BCUT2D eigenvalue weighted by Gasteiger charge is 2.20. The zero-order valence-corrected chi connectivity index (χ0v) is 6.61. The summed E-state index contributed by atoms with van der Waals surface area (Å²) >= 11 is 10.4. The van der Waals surface area contributed by atoms with Gasteiger partial charge in [0.2, 0.25) is 0 Å². The van der Waals surface area contributed by atoms with Crippen molar-refractivity contribution in [2.45, 2.75) is 18.2 Å². The quantitative estimate of drug-likeness (QED) is 0.362. The molecule has 0 spiro atoms. The van der Waals surface area contributed by atoms with E-state index < -0.39 is 4.84 Å². The summed E-state index contributed by atoms with van der Waals surface area (Å²) in [6, 6.07) is 0. The van der Waals surface area contributed by atoms with Gasteiger partial charge in [-0.25, -0.2) is 0 Å². The Hall–Kier alpha value is 0.0500. The molecule has 0 unspecified atom stereocenters. The van der Waals surface area contributed by atoms with Gasteiger partial charge in [-0.2, -0.15) is 0 Å². The van der Waals surface area contributed by atoms with Crippen molar-refractivity contribution in [3.05, 3.63) is 0 Å². The zero-order chi connectivity index (χ0) is 7.28. The third-order valence-corrected chi connectivity index (χ3v) is 1.01. The molecule has 0 aliphatic rings. The molecule has 2 nitrogen and oxygen atoms in total. The Morgan fingerprint density at radius 1 is 1.67 bits per heavy atom. The van der Waals surface area contributed by atoms with Gasteiger partial charge < -0.3 is 9.53 Å². The average molecular weight is 172 g/mol. The van der Waals surface area contributed by atoms with Crippen LogP contribution in [0.1, 0.15) is 13.3 Å². The molecule has 0 aliphatic heterocycles. The summed E-state index contributed by atoms with van der Waals surface area (Å²) in [5.74, 6) is -0.319. The van der Waals surface area contributed by atoms with E-state index in [1.54, 1.807) is 0 Å². The van der Waals surface area contributed by atoms with Crippen molar-refractivity contribution < 1.29 is 9.53 Å². The molecule has 0 aromatic rings. The van der Waals surface area contributed by atoms with Gasteiger partial charge in [-0.05, 0) is 0 Å². The van der Waals surface area contributed by atoms with Crippen LogP contribution in [-0.2, 0) is 4.74 Å². The summed E-state index contributed by atoms with van der Waals surface area (Å²) in [5, 5.41) is 0. The molecule has 0 saturated carbocycles. The maximum absolute atomic E-state index is 8.69. The van der Waals surface area contributed by atoms with Gasteiger partial charge in [0.1, 0.15) is 0 Å². The Bertz CT molecular complexity index is 93.0. The van der Waals surface area contributed by atoms with Crippen LogP contribution in [0.2, 0.25) is 0 Å². The molecule has 0 saturated heterocycles. The van der Waals surface area contributed by atoms with Gasteiger partial charge >= 0.3 is 5.97 Å². The van der Waals surface area contributed by atoms with Gasteiger partial charge in [-0.3, -0.25) is 0 Å². The molecule has 0 bridgehead atoms. The number of esters is 1. The first-order chi connectivity index (χ1) is 4.18. The average Bonchev–Trinajstić information content (AvgIpc) is 1.82. The first kappa shape index (κ1) is 9.05. The van der Waals surface area contributed by atoms with Crippen molar-refractivity contribution in [2.75, 3.05) is 6.61 Å². The Balaban J connectivity index is 3.28. The number of ether oxygens (including phenoxy) is 1. The van der Waals surface area contributed by atoms with E-state index in [-0.39, 0.29) is 5.97 Å². The first-order valence-electron chi connectivity index (χ1n) is 2.65. The molecule has 0 aromatic carbocycles. The van der Waals surface area contributed by atoms with E-state index in [1.807, 2.05) is 6.92 Å². The lowest BCUT2D eigenvalue weighted by Gasteiger charge is -1.91. The van der Waals surface area contributed by atoms with E-state index in [0.717, 1.165) is 6.42 Å². The Labute approximate surface area is 64.1 Å². The fourth-order valence-corrected chi connectivity index (χ4v) is 0.396. The molecule has 0 aromatic heterocycles. The fraction of sp³-hybridized carbons (Fsp3) is 0.800. The molecule has 9 heavy (non-hydrogen) atoms. The standard InChI is InChI=1S/C5H8Cl2O2/c1-2-3-9-5(8)4(6)7/h4H,2-3H2,1H3/p+1. The second-order valence-corrected chi connectivity index (χ2v) is 2.58. The molecule has 54 valence electrons. The van der Waals surface area contributed by atoms with Crippen molar-refractivity contribution >= 4 is 29.2 Å². The molecule has 0 fully saturated rings. The number of rotatable bonds is 3. The summed E-state index contributed by atoms with van der Waals surface area (Å²) < 4.78 is 4.66. The van der Waals surface area contributed by atoms with Gasteiger partial charge in [0.25, 0.3) is 4.84 Å². The third kappa shape index (κ3) is 4.55. The van der Waals surface area contributed by atoms with Gasteiger partial charge in [0.05, 0.1) is 0 Å². The summed E-state index contributed by atoms with van der Waals surface area (Å²) in [6.45, 7) is 2.37. The van der Waals surface area contributed by atoms with Crippen molar-refractivity contribution in [1.82, 2.24) is 0 Å². The van der Waals surface area contributed by atoms with E-state index in [1.165, 1.54) is 0 Å². The second-order valence-electron chi connectivity index (χ2n) is 1.49. The Kier molecular flexibility index (Phi) is 4.91.